The Kier molecular flexibility index (Phi) is 5.26. The summed E-state index contributed by atoms with van der Waals surface area (Å²) in [5, 5.41) is 0. The average molecular weight is 212 g/mol. The lowest BCUT2D eigenvalue weighted by atomic mass is 9.88. The molecule has 3 heteroatoms. The quantitative estimate of drug-likeness (QED) is 0.400. The van der Waals surface area contributed by atoms with E-state index < -0.39 is 17.4 Å². The number of rotatable bonds is 5. The Morgan fingerprint density at radius 1 is 1.27 bits per heavy atom. The van der Waals surface area contributed by atoms with Gasteiger partial charge in [-0.2, -0.15) is 0 Å². The van der Waals surface area contributed by atoms with Gasteiger partial charge in [0.2, 0.25) is 0 Å². The van der Waals surface area contributed by atoms with Crippen LogP contribution < -0.4 is 0 Å². The molecule has 0 spiro atoms. The van der Waals surface area contributed by atoms with Gasteiger partial charge in [0.1, 0.15) is 0 Å². The Balaban J connectivity index is 4.36. The highest BCUT2D eigenvalue weighted by Crippen LogP contribution is 2.24. The van der Waals surface area contributed by atoms with Gasteiger partial charge in [-0.15, -0.1) is 0 Å². The molecule has 0 amide bonds. The highest BCUT2D eigenvalue weighted by atomic mass is 16.6. The summed E-state index contributed by atoms with van der Waals surface area (Å²) in [5.74, 6) is -1.07. The molecule has 0 bridgehead atoms. The lowest BCUT2D eigenvalue weighted by Crippen LogP contribution is -2.29. The number of carbonyl (C=O) groups is 2. The fraction of sp³-hybridized carbons (Fsp3) is 0.667. The van der Waals surface area contributed by atoms with Crippen molar-refractivity contribution in [3.63, 3.8) is 0 Å². The summed E-state index contributed by atoms with van der Waals surface area (Å²) in [6.45, 7) is 10.9. The minimum absolute atomic E-state index is 0.329. The molecule has 0 aromatic heterocycles. The molecule has 0 aromatic carbocycles. The van der Waals surface area contributed by atoms with Crippen molar-refractivity contribution < 1.29 is 14.3 Å². The molecule has 86 valence electrons. The molecule has 15 heavy (non-hydrogen) atoms. The van der Waals surface area contributed by atoms with Crippen molar-refractivity contribution in [2.45, 2.75) is 47.0 Å². The molecule has 0 unspecified atom stereocenters. The first-order valence-electron chi connectivity index (χ1n) is 5.29. The normalized spacial score (nSPS) is 10.9. The van der Waals surface area contributed by atoms with Crippen LogP contribution in [-0.2, 0) is 14.3 Å². The average Bonchev–Trinajstić information content (AvgIpc) is 2.16. The molecule has 0 saturated heterocycles. The van der Waals surface area contributed by atoms with Crippen LogP contribution in [0.3, 0.4) is 0 Å². The van der Waals surface area contributed by atoms with Crippen LogP contribution in [0.2, 0.25) is 0 Å². The predicted molar refractivity (Wildman–Crippen MR) is 59.2 cm³/mol. The smallest absolute Gasteiger partial charge is 0.341 e. The van der Waals surface area contributed by atoms with E-state index in [1.807, 2.05) is 6.92 Å². The van der Waals surface area contributed by atoms with E-state index in [1.165, 1.54) is 0 Å². The Bertz CT molecular complexity index is 264. The van der Waals surface area contributed by atoms with Crippen molar-refractivity contribution in [1.29, 1.82) is 0 Å². The van der Waals surface area contributed by atoms with Crippen molar-refractivity contribution in [2.75, 3.05) is 0 Å². The Morgan fingerprint density at radius 3 is 2.20 bits per heavy atom. The molecule has 0 rings (SSSR count). The molecule has 0 aliphatic rings. The SMILES string of the molecule is C=C(CC)C(=O)OC(=O)C(C)(C)CCC. The maximum absolute atomic E-state index is 11.6. The van der Waals surface area contributed by atoms with Gasteiger partial charge in [-0.1, -0.05) is 26.8 Å². The van der Waals surface area contributed by atoms with Crippen molar-refractivity contribution in [2.24, 2.45) is 5.41 Å². The van der Waals surface area contributed by atoms with Crippen molar-refractivity contribution in [1.82, 2.24) is 0 Å². The van der Waals surface area contributed by atoms with E-state index in [0.29, 0.717) is 18.4 Å². The summed E-state index contributed by atoms with van der Waals surface area (Å²) in [5.41, 5.74) is -0.269. The summed E-state index contributed by atoms with van der Waals surface area (Å²) in [6, 6.07) is 0. The first-order valence-corrected chi connectivity index (χ1v) is 5.29. The molecule has 0 aliphatic heterocycles. The third kappa shape index (κ3) is 4.28. The van der Waals surface area contributed by atoms with Gasteiger partial charge in [0.05, 0.1) is 5.41 Å². The first-order chi connectivity index (χ1) is 6.85. The number of carbonyl (C=O) groups excluding carboxylic acids is 2. The highest BCUT2D eigenvalue weighted by Gasteiger charge is 2.30. The van der Waals surface area contributed by atoms with E-state index in [9.17, 15) is 9.59 Å². The second-order valence-electron chi connectivity index (χ2n) is 4.27. The van der Waals surface area contributed by atoms with Gasteiger partial charge in [0, 0.05) is 5.57 Å². The zero-order valence-electron chi connectivity index (χ0n) is 10.1. The Morgan fingerprint density at radius 2 is 1.80 bits per heavy atom. The van der Waals surface area contributed by atoms with Crippen molar-refractivity contribution in [3.05, 3.63) is 12.2 Å². The monoisotopic (exact) mass is 212 g/mol. The number of hydrogen-bond donors (Lipinski definition) is 0. The van der Waals surface area contributed by atoms with Gasteiger partial charge in [-0.25, -0.2) is 4.79 Å². The molecule has 0 atom stereocenters. The zero-order valence-corrected chi connectivity index (χ0v) is 10.1. The molecule has 0 N–H and O–H groups in total. The third-order valence-electron chi connectivity index (χ3n) is 2.33. The van der Waals surface area contributed by atoms with Crippen LogP contribution in [0.1, 0.15) is 47.0 Å². The molecule has 0 aromatic rings. The minimum Gasteiger partial charge on any atom is -0.389 e. The first kappa shape index (κ1) is 13.9. The fourth-order valence-electron chi connectivity index (χ4n) is 1.17. The summed E-state index contributed by atoms with van der Waals surface area (Å²) >= 11 is 0. The van der Waals surface area contributed by atoms with Gasteiger partial charge >= 0.3 is 11.9 Å². The van der Waals surface area contributed by atoms with E-state index in [-0.39, 0.29) is 0 Å². The van der Waals surface area contributed by atoms with Crippen molar-refractivity contribution in [3.8, 4) is 0 Å². The lowest BCUT2D eigenvalue weighted by Gasteiger charge is -2.20. The van der Waals surface area contributed by atoms with Crippen molar-refractivity contribution >= 4 is 11.9 Å². The van der Waals surface area contributed by atoms with Crippen LogP contribution >= 0.6 is 0 Å². The molecule has 0 saturated carbocycles. The summed E-state index contributed by atoms with van der Waals surface area (Å²) < 4.78 is 4.74. The van der Waals surface area contributed by atoms with Crippen LogP contribution in [-0.4, -0.2) is 11.9 Å². The minimum atomic E-state index is -0.605. The van der Waals surface area contributed by atoms with Gasteiger partial charge in [0.25, 0.3) is 0 Å². The number of esters is 2. The van der Waals surface area contributed by atoms with Crippen LogP contribution in [0, 0.1) is 5.41 Å². The molecular weight excluding hydrogens is 192 g/mol. The van der Waals surface area contributed by atoms with Crippen LogP contribution in [0.5, 0.6) is 0 Å². The molecule has 0 heterocycles. The van der Waals surface area contributed by atoms with Crippen LogP contribution in [0.4, 0.5) is 0 Å². The zero-order chi connectivity index (χ0) is 12.1. The van der Waals surface area contributed by atoms with Gasteiger partial charge < -0.3 is 4.74 Å². The summed E-state index contributed by atoms with van der Waals surface area (Å²) in [4.78, 5) is 22.9. The highest BCUT2D eigenvalue weighted by molar-refractivity contribution is 5.97. The number of ether oxygens (including phenoxy) is 1. The maximum Gasteiger partial charge on any atom is 0.341 e. The fourth-order valence-corrected chi connectivity index (χ4v) is 1.17. The topological polar surface area (TPSA) is 43.4 Å². The van der Waals surface area contributed by atoms with Gasteiger partial charge in [0.15, 0.2) is 0 Å². The van der Waals surface area contributed by atoms with E-state index in [1.54, 1.807) is 20.8 Å². The molecule has 3 nitrogen and oxygen atoms in total. The van der Waals surface area contributed by atoms with E-state index in [2.05, 4.69) is 6.58 Å². The summed E-state index contributed by atoms with van der Waals surface area (Å²) in [6.07, 6.45) is 2.09. The molecule has 0 aliphatic carbocycles. The number of hydrogen-bond acceptors (Lipinski definition) is 3. The van der Waals surface area contributed by atoms with Crippen LogP contribution in [0.25, 0.3) is 0 Å². The van der Waals surface area contributed by atoms with E-state index in [4.69, 9.17) is 4.74 Å². The molecular formula is C12H20O3. The predicted octanol–water partition coefficient (Wildman–Crippen LogP) is 2.85. The van der Waals surface area contributed by atoms with Gasteiger partial charge in [-0.05, 0) is 26.7 Å². The van der Waals surface area contributed by atoms with E-state index >= 15 is 0 Å². The largest absolute Gasteiger partial charge is 0.389 e. The second-order valence-corrected chi connectivity index (χ2v) is 4.27. The second kappa shape index (κ2) is 5.69. The Hall–Kier alpha value is -1.12. The third-order valence-corrected chi connectivity index (χ3v) is 2.33. The Labute approximate surface area is 91.5 Å². The maximum atomic E-state index is 11.6. The standard InChI is InChI=1S/C12H20O3/c1-6-8-12(4,5)11(14)15-10(13)9(3)7-2/h3,6-8H2,1-2,4-5H3. The molecule has 0 fully saturated rings. The van der Waals surface area contributed by atoms with E-state index in [0.717, 1.165) is 6.42 Å². The summed E-state index contributed by atoms with van der Waals surface area (Å²) in [7, 11) is 0. The molecule has 0 radical (unpaired) electrons. The van der Waals surface area contributed by atoms with Crippen LogP contribution in [0.15, 0.2) is 12.2 Å². The lowest BCUT2D eigenvalue weighted by molar-refractivity contribution is -0.164. The van der Waals surface area contributed by atoms with Gasteiger partial charge in [-0.3, -0.25) is 4.79 Å².